The van der Waals surface area contributed by atoms with Gasteiger partial charge in [-0.3, -0.25) is 0 Å². The number of anilines is 3. The lowest BCUT2D eigenvalue weighted by molar-refractivity contribution is 0.0442. The van der Waals surface area contributed by atoms with Gasteiger partial charge in [-0.15, -0.1) is 0 Å². The molecule has 0 aliphatic carbocycles. The van der Waals surface area contributed by atoms with Crippen LogP contribution in [0.2, 0.25) is 0 Å². The number of aromatic nitrogens is 5. The first-order chi connectivity index (χ1) is 14.5. The smallest absolute Gasteiger partial charge is 0.227 e. The summed E-state index contributed by atoms with van der Waals surface area (Å²) in [6.45, 7) is 7.96. The molecule has 1 aliphatic rings. The van der Waals surface area contributed by atoms with Crippen molar-refractivity contribution in [3.05, 3.63) is 30.4 Å². The summed E-state index contributed by atoms with van der Waals surface area (Å²) < 4.78 is 7.57. The highest BCUT2D eigenvalue weighted by Crippen LogP contribution is 2.26. The molecule has 9 heteroatoms. The van der Waals surface area contributed by atoms with Gasteiger partial charge in [0.05, 0.1) is 17.8 Å². The number of piperidine rings is 1. The number of methoxy groups -OCH3 is 1. The summed E-state index contributed by atoms with van der Waals surface area (Å²) in [4.78, 5) is 20.3. The molecule has 1 fully saturated rings. The van der Waals surface area contributed by atoms with E-state index in [1.165, 1.54) is 0 Å². The molecule has 160 valence electrons. The summed E-state index contributed by atoms with van der Waals surface area (Å²) in [6.07, 6.45) is 4.73. The van der Waals surface area contributed by atoms with Gasteiger partial charge in [0.1, 0.15) is 29.6 Å². The number of rotatable bonds is 6. The highest BCUT2D eigenvalue weighted by atomic mass is 16.5. The van der Waals surface area contributed by atoms with Crippen LogP contribution in [0, 0.1) is 5.92 Å². The van der Waals surface area contributed by atoms with Gasteiger partial charge in [0.2, 0.25) is 5.95 Å². The summed E-state index contributed by atoms with van der Waals surface area (Å²) in [5.74, 6) is 3.12. The Morgan fingerprint density at radius 2 is 2.10 bits per heavy atom. The van der Waals surface area contributed by atoms with E-state index in [1.807, 2.05) is 16.7 Å². The van der Waals surface area contributed by atoms with Crippen molar-refractivity contribution in [2.24, 2.45) is 5.92 Å². The molecule has 0 saturated carbocycles. The Kier molecular flexibility index (Phi) is 5.83. The maximum Gasteiger partial charge on any atom is 0.227 e. The van der Waals surface area contributed by atoms with Crippen molar-refractivity contribution in [1.29, 1.82) is 0 Å². The van der Waals surface area contributed by atoms with E-state index in [-0.39, 0.29) is 18.8 Å². The van der Waals surface area contributed by atoms with E-state index >= 15 is 0 Å². The number of hydrogen-bond donors (Lipinski definition) is 2. The maximum absolute atomic E-state index is 9.63. The van der Waals surface area contributed by atoms with Crippen molar-refractivity contribution in [1.82, 2.24) is 24.5 Å². The minimum atomic E-state index is -0.108. The normalized spacial score (nSPS) is 19.6. The largest absolute Gasteiger partial charge is 0.388 e. The van der Waals surface area contributed by atoms with Crippen LogP contribution in [-0.4, -0.2) is 55.9 Å². The molecule has 0 unspecified atom stereocenters. The summed E-state index contributed by atoms with van der Waals surface area (Å²) in [5.41, 5.74) is 1.69. The Labute approximate surface area is 176 Å². The quantitative estimate of drug-likeness (QED) is 0.638. The number of imidazole rings is 1. The number of nitrogens with one attached hydrogen (secondary N) is 1. The van der Waals surface area contributed by atoms with Crippen LogP contribution < -0.4 is 10.2 Å². The van der Waals surface area contributed by atoms with Crippen LogP contribution in [0.1, 0.15) is 39.1 Å². The first-order valence-electron chi connectivity index (χ1n) is 10.4. The molecule has 0 aromatic carbocycles. The Bertz CT molecular complexity index is 1020. The summed E-state index contributed by atoms with van der Waals surface area (Å²) in [5, 5.41) is 12.9. The first kappa shape index (κ1) is 20.5. The van der Waals surface area contributed by atoms with Gasteiger partial charge in [-0.2, -0.15) is 4.98 Å². The van der Waals surface area contributed by atoms with Crippen LogP contribution in [0.4, 0.5) is 17.6 Å². The Hall–Kier alpha value is -2.78. The molecule has 2 atom stereocenters. The van der Waals surface area contributed by atoms with Crippen molar-refractivity contribution in [3.8, 4) is 0 Å². The van der Waals surface area contributed by atoms with Crippen molar-refractivity contribution < 1.29 is 9.84 Å². The molecule has 0 spiro atoms. The third kappa shape index (κ3) is 3.95. The number of nitrogens with zero attached hydrogens (tertiary/aromatic N) is 6. The molecule has 0 amide bonds. The molecule has 0 radical (unpaired) electrons. The van der Waals surface area contributed by atoms with Gasteiger partial charge in [0.15, 0.2) is 0 Å². The van der Waals surface area contributed by atoms with Crippen LogP contribution >= 0.6 is 0 Å². The van der Waals surface area contributed by atoms with Gasteiger partial charge in [0.25, 0.3) is 0 Å². The minimum absolute atomic E-state index is 0.108. The summed E-state index contributed by atoms with van der Waals surface area (Å²) >= 11 is 0. The van der Waals surface area contributed by atoms with Crippen LogP contribution in [0.5, 0.6) is 0 Å². The molecule has 0 bridgehead atoms. The zero-order valence-electron chi connectivity index (χ0n) is 17.9. The number of fused-ring (bicyclic) bond motifs is 1. The molecule has 3 aromatic rings. The minimum Gasteiger partial charge on any atom is -0.388 e. The van der Waals surface area contributed by atoms with E-state index in [1.54, 1.807) is 19.5 Å². The first-order valence-corrected chi connectivity index (χ1v) is 10.4. The molecular formula is C21H29N7O2. The predicted molar refractivity (Wildman–Crippen MR) is 116 cm³/mol. The zero-order valence-corrected chi connectivity index (χ0v) is 17.9. The SMILES string of the molecule is CO[C@H]1CCN(c2nccc(Nc3cc4c(cn3)nc(CO)n4C(C)C)n2)C[C@@H]1C. The second-order valence-electron chi connectivity index (χ2n) is 8.06. The monoisotopic (exact) mass is 411 g/mol. The average molecular weight is 412 g/mol. The van der Waals surface area contributed by atoms with Gasteiger partial charge in [-0.25, -0.2) is 15.0 Å². The van der Waals surface area contributed by atoms with Gasteiger partial charge < -0.3 is 24.6 Å². The van der Waals surface area contributed by atoms with E-state index in [9.17, 15) is 5.11 Å². The van der Waals surface area contributed by atoms with Gasteiger partial charge >= 0.3 is 0 Å². The van der Waals surface area contributed by atoms with Crippen molar-refractivity contribution in [3.63, 3.8) is 0 Å². The molecule has 3 aromatic heterocycles. The zero-order chi connectivity index (χ0) is 21.3. The lowest BCUT2D eigenvalue weighted by atomic mass is 9.97. The van der Waals surface area contributed by atoms with Crippen molar-refractivity contribution in [2.45, 2.75) is 45.9 Å². The third-order valence-corrected chi connectivity index (χ3v) is 5.62. The maximum atomic E-state index is 9.63. The molecule has 4 heterocycles. The molecule has 4 rings (SSSR count). The number of aliphatic hydroxyl groups excluding tert-OH is 1. The highest BCUT2D eigenvalue weighted by Gasteiger charge is 2.27. The molecular weight excluding hydrogens is 382 g/mol. The highest BCUT2D eigenvalue weighted by molar-refractivity contribution is 5.79. The standard InChI is InChI=1S/C21H29N7O2/c1-13(2)28-16-9-19(23-10-15(16)24-20(28)12-29)25-18-5-7-22-21(26-18)27-8-6-17(30-4)14(3)11-27/h5,7,9-10,13-14,17,29H,6,8,11-12H2,1-4H3,(H,22,23,25,26)/t14-,17-/m0/s1. The summed E-state index contributed by atoms with van der Waals surface area (Å²) in [6, 6.07) is 3.95. The lowest BCUT2D eigenvalue weighted by Crippen LogP contribution is -2.43. The van der Waals surface area contributed by atoms with Gasteiger partial charge in [0, 0.05) is 38.5 Å². The fraction of sp³-hybridized carbons (Fsp3) is 0.524. The number of ether oxygens (including phenoxy) is 1. The molecule has 1 aliphatic heterocycles. The van der Waals surface area contributed by atoms with E-state index in [0.717, 1.165) is 30.5 Å². The topological polar surface area (TPSA) is 101 Å². The van der Waals surface area contributed by atoms with E-state index in [2.05, 4.69) is 45.9 Å². The van der Waals surface area contributed by atoms with Crippen molar-refractivity contribution >= 4 is 28.6 Å². The lowest BCUT2D eigenvalue weighted by Gasteiger charge is -2.36. The number of aliphatic hydroxyl groups is 1. The van der Waals surface area contributed by atoms with Crippen LogP contribution in [0.25, 0.3) is 11.0 Å². The van der Waals surface area contributed by atoms with E-state index < -0.39 is 0 Å². The van der Waals surface area contributed by atoms with Gasteiger partial charge in [-0.1, -0.05) is 6.92 Å². The number of pyridine rings is 1. The van der Waals surface area contributed by atoms with Crippen LogP contribution in [0.15, 0.2) is 24.5 Å². The van der Waals surface area contributed by atoms with E-state index in [0.29, 0.717) is 29.3 Å². The molecule has 2 N–H and O–H groups in total. The molecule has 30 heavy (non-hydrogen) atoms. The van der Waals surface area contributed by atoms with Crippen LogP contribution in [0.3, 0.4) is 0 Å². The Morgan fingerprint density at radius 3 is 2.80 bits per heavy atom. The second-order valence-corrected chi connectivity index (χ2v) is 8.06. The van der Waals surface area contributed by atoms with Crippen LogP contribution in [-0.2, 0) is 11.3 Å². The van der Waals surface area contributed by atoms with Gasteiger partial charge in [-0.05, 0) is 32.3 Å². The fourth-order valence-corrected chi connectivity index (χ4v) is 4.16. The predicted octanol–water partition coefficient (Wildman–Crippen LogP) is 2.90. The number of hydrogen-bond acceptors (Lipinski definition) is 8. The second kappa shape index (κ2) is 8.53. The van der Waals surface area contributed by atoms with E-state index in [4.69, 9.17) is 9.72 Å². The van der Waals surface area contributed by atoms with Crippen molar-refractivity contribution in [2.75, 3.05) is 30.4 Å². The third-order valence-electron chi connectivity index (χ3n) is 5.62. The fourth-order valence-electron chi connectivity index (χ4n) is 4.16. The summed E-state index contributed by atoms with van der Waals surface area (Å²) in [7, 11) is 1.77. The Balaban J connectivity index is 1.57. The molecule has 9 nitrogen and oxygen atoms in total. The average Bonchev–Trinajstić information content (AvgIpc) is 3.12. The molecule has 1 saturated heterocycles. The Morgan fingerprint density at radius 1 is 1.27 bits per heavy atom.